The topological polar surface area (TPSA) is 61.4 Å². The van der Waals surface area contributed by atoms with Gasteiger partial charge in [0.2, 0.25) is 5.91 Å². The average molecular weight is 293 g/mol. The molecule has 2 atom stereocenters. The van der Waals surface area contributed by atoms with Gasteiger partial charge in [0.1, 0.15) is 0 Å². The van der Waals surface area contributed by atoms with Crippen LogP contribution in [0.4, 0.5) is 4.79 Å². The van der Waals surface area contributed by atoms with E-state index in [1.54, 1.807) is 12.2 Å². The van der Waals surface area contributed by atoms with Crippen molar-refractivity contribution in [3.05, 3.63) is 25.3 Å². The number of nitrogens with zero attached hydrogens (tertiary/aromatic N) is 1. The van der Waals surface area contributed by atoms with Crippen molar-refractivity contribution < 1.29 is 9.59 Å². The van der Waals surface area contributed by atoms with E-state index < -0.39 is 6.03 Å². The van der Waals surface area contributed by atoms with Crippen molar-refractivity contribution in [3.8, 4) is 0 Å². The largest absolute Gasteiger partial charge is 0.335 e. The third-order valence-corrected chi connectivity index (χ3v) is 3.82. The molecule has 2 N–H and O–H groups in total. The predicted molar refractivity (Wildman–Crippen MR) is 84.9 cm³/mol. The van der Waals surface area contributed by atoms with Crippen LogP contribution in [0.25, 0.3) is 0 Å². The summed E-state index contributed by atoms with van der Waals surface area (Å²) >= 11 is 0. The van der Waals surface area contributed by atoms with Gasteiger partial charge in [0, 0.05) is 19.1 Å². The second-order valence-electron chi connectivity index (χ2n) is 5.66. The van der Waals surface area contributed by atoms with E-state index in [9.17, 15) is 9.59 Å². The van der Waals surface area contributed by atoms with Crippen molar-refractivity contribution in [1.29, 1.82) is 0 Å². The number of hydrogen-bond acceptors (Lipinski definition) is 3. The minimum atomic E-state index is -0.393. The van der Waals surface area contributed by atoms with Crippen molar-refractivity contribution in [2.24, 2.45) is 5.92 Å². The Labute approximate surface area is 127 Å². The van der Waals surface area contributed by atoms with Gasteiger partial charge < -0.3 is 5.32 Å². The van der Waals surface area contributed by atoms with E-state index in [4.69, 9.17) is 0 Å². The monoisotopic (exact) mass is 293 g/mol. The zero-order valence-corrected chi connectivity index (χ0v) is 12.9. The molecule has 5 heteroatoms. The molecule has 0 spiro atoms. The van der Waals surface area contributed by atoms with Crippen molar-refractivity contribution in [1.82, 2.24) is 15.5 Å². The third kappa shape index (κ3) is 6.58. The molecule has 0 aromatic rings. The first-order valence-electron chi connectivity index (χ1n) is 7.61. The molecule has 2 unspecified atom stereocenters. The highest BCUT2D eigenvalue weighted by molar-refractivity contribution is 5.95. The third-order valence-electron chi connectivity index (χ3n) is 3.82. The summed E-state index contributed by atoms with van der Waals surface area (Å²) in [6, 6.07) is -0.222. The van der Waals surface area contributed by atoms with Crippen LogP contribution >= 0.6 is 0 Å². The summed E-state index contributed by atoms with van der Waals surface area (Å²) in [6.45, 7) is 10.8. The molecule has 21 heavy (non-hydrogen) atoms. The van der Waals surface area contributed by atoms with Crippen LogP contribution in [0.5, 0.6) is 0 Å². The fourth-order valence-electron chi connectivity index (χ4n) is 2.67. The molecule has 5 nitrogen and oxygen atoms in total. The Hall–Kier alpha value is -1.62. The molecule has 0 heterocycles. The molecule has 0 aliphatic heterocycles. The Morgan fingerprint density at radius 3 is 2.38 bits per heavy atom. The van der Waals surface area contributed by atoms with Crippen LogP contribution in [0.3, 0.4) is 0 Å². The van der Waals surface area contributed by atoms with Crippen LogP contribution in [0.15, 0.2) is 25.3 Å². The molecule has 118 valence electrons. The van der Waals surface area contributed by atoms with E-state index in [0.717, 1.165) is 19.3 Å². The fourth-order valence-corrected chi connectivity index (χ4v) is 2.67. The maximum absolute atomic E-state index is 11.9. The van der Waals surface area contributed by atoms with Crippen molar-refractivity contribution in [2.45, 2.75) is 38.6 Å². The first-order chi connectivity index (χ1) is 10.1. The van der Waals surface area contributed by atoms with Crippen LogP contribution in [-0.4, -0.2) is 42.5 Å². The molecular weight excluding hydrogens is 266 g/mol. The summed E-state index contributed by atoms with van der Waals surface area (Å²) in [7, 11) is 0. The summed E-state index contributed by atoms with van der Waals surface area (Å²) in [6.07, 6.45) is 7.92. The van der Waals surface area contributed by atoms with Crippen molar-refractivity contribution in [2.75, 3.05) is 19.6 Å². The van der Waals surface area contributed by atoms with Gasteiger partial charge in [-0.15, -0.1) is 13.2 Å². The Morgan fingerprint density at radius 1 is 1.19 bits per heavy atom. The maximum Gasteiger partial charge on any atom is 0.321 e. The van der Waals surface area contributed by atoms with Gasteiger partial charge in [0.25, 0.3) is 0 Å². The smallest absolute Gasteiger partial charge is 0.321 e. The van der Waals surface area contributed by atoms with Crippen LogP contribution in [-0.2, 0) is 4.79 Å². The fraction of sp³-hybridized carbons (Fsp3) is 0.625. The molecule has 1 saturated carbocycles. The summed E-state index contributed by atoms with van der Waals surface area (Å²) in [5.41, 5.74) is 0. The quantitative estimate of drug-likeness (QED) is 0.706. The van der Waals surface area contributed by atoms with Crippen LogP contribution in [0.2, 0.25) is 0 Å². The second-order valence-corrected chi connectivity index (χ2v) is 5.66. The number of hydrogen-bond donors (Lipinski definition) is 2. The molecule has 0 saturated heterocycles. The zero-order valence-electron chi connectivity index (χ0n) is 12.9. The second kappa shape index (κ2) is 9.34. The van der Waals surface area contributed by atoms with Gasteiger partial charge in [-0.3, -0.25) is 15.0 Å². The number of urea groups is 1. The first kappa shape index (κ1) is 17.4. The van der Waals surface area contributed by atoms with Gasteiger partial charge in [-0.2, -0.15) is 0 Å². The summed E-state index contributed by atoms with van der Waals surface area (Å²) in [5, 5.41) is 5.30. The highest BCUT2D eigenvalue weighted by Gasteiger charge is 2.23. The Bertz CT molecular complexity index is 372. The number of imide groups is 1. The molecule has 1 aliphatic carbocycles. The molecule has 0 radical (unpaired) electrons. The van der Waals surface area contributed by atoms with E-state index >= 15 is 0 Å². The minimum Gasteiger partial charge on any atom is -0.335 e. The molecular formula is C16H27N3O2. The average Bonchev–Trinajstić information content (AvgIpc) is 2.41. The Kier molecular flexibility index (Phi) is 7.75. The Balaban J connectivity index is 2.36. The highest BCUT2D eigenvalue weighted by Crippen LogP contribution is 2.23. The van der Waals surface area contributed by atoms with E-state index in [2.05, 4.69) is 30.7 Å². The minimum absolute atomic E-state index is 0.158. The molecule has 3 amide bonds. The summed E-state index contributed by atoms with van der Waals surface area (Å²) < 4.78 is 0. The van der Waals surface area contributed by atoms with Gasteiger partial charge in [0.05, 0.1) is 6.54 Å². The van der Waals surface area contributed by atoms with Gasteiger partial charge in [-0.05, 0) is 18.8 Å². The van der Waals surface area contributed by atoms with Crippen molar-refractivity contribution in [3.63, 3.8) is 0 Å². The lowest BCUT2D eigenvalue weighted by molar-refractivity contribution is -0.120. The summed E-state index contributed by atoms with van der Waals surface area (Å²) in [4.78, 5) is 25.6. The molecule has 0 aromatic heterocycles. The lowest BCUT2D eigenvalue weighted by Gasteiger charge is -2.29. The van der Waals surface area contributed by atoms with Gasteiger partial charge in [-0.1, -0.05) is 31.9 Å². The highest BCUT2D eigenvalue weighted by atomic mass is 16.2. The number of rotatable bonds is 7. The standard InChI is InChI=1S/C16H27N3O2/c1-4-10-19(11-5-2)12-15(20)18-16(21)17-14-9-7-6-8-13(14)3/h4-5,13-14H,1-2,6-12H2,3H3,(H2,17,18,20,21). The van der Waals surface area contributed by atoms with E-state index in [0.29, 0.717) is 19.0 Å². The molecule has 0 aromatic carbocycles. The lowest BCUT2D eigenvalue weighted by atomic mass is 9.86. The van der Waals surface area contributed by atoms with Gasteiger partial charge in [-0.25, -0.2) is 4.79 Å². The number of nitrogens with one attached hydrogen (secondary N) is 2. The lowest BCUT2D eigenvalue weighted by Crippen LogP contribution is -2.49. The number of amides is 3. The normalized spacial score (nSPS) is 21.6. The Morgan fingerprint density at radius 2 is 1.81 bits per heavy atom. The van der Waals surface area contributed by atoms with E-state index in [-0.39, 0.29) is 18.5 Å². The van der Waals surface area contributed by atoms with E-state index in [1.165, 1.54) is 6.42 Å². The molecule has 1 aliphatic rings. The molecule has 0 bridgehead atoms. The van der Waals surface area contributed by atoms with Crippen LogP contribution < -0.4 is 10.6 Å². The zero-order chi connectivity index (χ0) is 15.7. The maximum atomic E-state index is 11.9. The summed E-state index contributed by atoms with van der Waals surface area (Å²) in [5.74, 6) is 0.164. The van der Waals surface area contributed by atoms with E-state index in [1.807, 2.05) is 4.90 Å². The van der Waals surface area contributed by atoms with Crippen LogP contribution in [0.1, 0.15) is 32.6 Å². The van der Waals surface area contributed by atoms with Crippen molar-refractivity contribution >= 4 is 11.9 Å². The predicted octanol–water partition coefficient (Wildman–Crippen LogP) is 2.06. The first-order valence-corrected chi connectivity index (χ1v) is 7.61. The number of carbonyl (C=O) groups excluding carboxylic acids is 2. The molecule has 1 rings (SSSR count). The van der Waals surface area contributed by atoms with Crippen LogP contribution in [0, 0.1) is 5.92 Å². The van der Waals surface area contributed by atoms with Gasteiger partial charge >= 0.3 is 6.03 Å². The van der Waals surface area contributed by atoms with Gasteiger partial charge in [0.15, 0.2) is 0 Å². The SMILES string of the molecule is C=CCN(CC=C)CC(=O)NC(=O)NC1CCCCC1C. The molecule has 1 fully saturated rings. The number of carbonyl (C=O) groups is 2.